The Bertz CT molecular complexity index is 908. The van der Waals surface area contributed by atoms with Crippen molar-refractivity contribution >= 4 is 17.7 Å². The highest BCUT2D eigenvalue weighted by atomic mass is 16.5. The number of anilines is 1. The summed E-state index contributed by atoms with van der Waals surface area (Å²) in [7, 11) is 4.33. The SMILES string of the molecule is COC(=O)c1cc(C)cc(N)c1C#Cc1ccc(CN(C)C(=O)OC)cc1. The van der Waals surface area contributed by atoms with Gasteiger partial charge in [0.1, 0.15) is 0 Å². The van der Waals surface area contributed by atoms with Crippen LogP contribution in [0.4, 0.5) is 10.5 Å². The van der Waals surface area contributed by atoms with Crippen molar-refractivity contribution < 1.29 is 19.1 Å². The van der Waals surface area contributed by atoms with Crippen LogP contribution in [0.3, 0.4) is 0 Å². The van der Waals surface area contributed by atoms with E-state index in [1.165, 1.54) is 19.1 Å². The molecule has 1 amide bonds. The number of rotatable bonds is 3. The summed E-state index contributed by atoms with van der Waals surface area (Å²) in [5.74, 6) is 5.50. The van der Waals surface area contributed by atoms with Crippen LogP contribution in [-0.2, 0) is 16.0 Å². The minimum absolute atomic E-state index is 0.346. The molecule has 2 aromatic rings. The molecule has 0 heterocycles. The van der Waals surface area contributed by atoms with E-state index in [9.17, 15) is 9.59 Å². The summed E-state index contributed by atoms with van der Waals surface area (Å²) in [5.41, 5.74) is 9.82. The van der Waals surface area contributed by atoms with Crippen molar-refractivity contribution in [2.45, 2.75) is 13.5 Å². The van der Waals surface area contributed by atoms with E-state index in [-0.39, 0.29) is 0 Å². The molecule has 0 aromatic heterocycles. The van der Waals surface area contributed by atoms with Crippen LogP contribution < -0.4 is 5.73 Å². The number of ether oxygens (including phenoxy) is 2. The van der Waals surface area contributed by atoms with Crippen molar-refractivity contribution in [3.05, 3.63) is 64.2 Å². The molecule has 6 nitrogen and oxygen atoms in total. The van der Waals surface area contributed by atoms with Gasteiger partial charge in [0.2, 0.25) is 0 Å². The second-order valence-corrected chi connectivity index (χ2v) is 6.04. The zero-order valence-electron chi connectivity index (χ0n) is 15.8. The monoisotopic (exact) mass is 366 g/mol. The van der Waals surface area contributed by atoms with E-state index in [0.717, 1.165) is 16.7 Å². The number of nitrogens with zero attached hydrogens (tertiary/aromatic N) is 1. The van der Waals surface area contributed by atoms with E-state index in [4.69, 9.17) is 10.5 Å². The predicted octanol–water partition coefficient (Wildman–Crippen LogP) is 2.96. The molecule has 0 unspecified atom stereocenters. The average molecular weight is 366 g/mol. The molecule has 0 atom stereocenters. The molecule has 27 heavy (non-hydrogen) atoms. The summed E-state index contributed by atoms with van der Waals surface area (Å²) in [6, 6.07) is 10.9. The zero-order valence-corrected chi connectivity index (χ0v) is 15.8. The number of nitrogens with two attached hydrogens (primary N) is 1. The molecule has 0 spiro atoms. The van der Waals surface area contributed by atoms with Gasteiger partial charge >= 0.3 is 12.1 Å². The number of carbonyl (C=O) groups excluding carboxylic acids is 2. The van der Waals surface area contributed by atoms with Crippen LogP contribution >= 0.6 is 0 Å². The number of methoxy groups -OCH3 is 2. The molecule has 0 bridgehead atoms. The number of aryl methyl sites for hydroxylation is 1. The quantitative estimate of drug-likeness (QED) is 0.513. The summed E-state index contributed by atoms with van der Waals surface area (Å²) >= 11 is 0. The molecular formula is C21H22N2O4. The van der Waals surface area contributed by atoms with Crippen LogP contribution in [0.15, 0.2) is 36.4 Å². The fraction of sp³-hybridized carbons (Fsp3) is 0.238. The Balaban J connectivity index is 2.26. The van der Waals surface area contributed by atoms with Gasteiger partial charge in [-0.15, -0.1) is 0 Å². The Morgan fingerprint density at radius 1 is 1.07 bits per heavy atom. The molecule has 0 saturated carbocycles. The van der Waals surface area contributed by atoms with Gasteiger partial charge in [-0.05, 0) is 42.3 Å². The number of esters is 1. The van der Waals surface area contributed by atoms with Gasteiger partial charge in [-0.25, -0.2) is 9.59 Å². The standard InChI is InChI=1S/C21H22N2O4/c1-14-11-18(20(24)26-3)17(19(22)12-14)10-9-15-5-7-16(8-6-15)13-23(2)21(25)27-4/h5-8,11-12H,13,22H2,1-4H3. The Labute approximate surface area is 158 Å². The third kappa shape index (κ3) is 5.02. The Kier molecular flexibility index (Phi) is 6.45. The Hall–Kier alpha value is -3.46. The predicted molar refractivity (Wildman–Crippen MR) is 103 cm³/mol. The molecule has 0 aliphatic rings. The fourth-order valence-corrected chi connectivity index (χ4v) is 2.55. The molecule has 2 aromatic carbocycles. The van der Waals surface area contributed by atoms with Crippen LogP contribution in [-0.4, -0.2) is 38.2 Å². The summed E-state index contributed by atoms with van der Waals surface area (Å²) in [6.07, 6.45) is -0.399. The molecule has 140 valence electrons. The largest absolute Gasteiger partial charge is 0.465 e. The van der Waals surface area contributed by atoms with Crippen molar-refractivity contribution in [2.75, 3.05) is 27.0 Å². The molecule has 0 radical (unpaired) electrons. The lowest BCUT2D eigenvalue weighted by Gasteiger charge is -2.15. The van der Waals surface area contributed by atoms with Crippen molar-refractivity contribution in [1.82, 2.24) is 4.90 Å². The second-order valence-electron chi connectivity index (χ2n) is 6.04. The lowest BCUT2D eigenvalue weighted by Crippen LogP contribution is -2.25. The first kappa shape index (κ1) is 19.9. The number of carbonyl (C=O) groups is 2. The highest BCUT2D eigenvalue weighted by Gasteiger charge is 2.14. The zero-order chi connectivity index (χ0) is 20.0. The van der Waals surface area contributed by atoms with Crippen molar-refractivity contribution in [2.24, 2.45) is 0 Å². The Morgan fingerprint density at radius 2 is 1.74 bits per heavy atom. The fourth-order valence-electron chi connectivity index (χ4n) is 2.55. The van der Waals surface area contributed by atoms with Gasteiger partial charge < -0.3 is 20.1 Å². The third-order valence-electron chi connectivity index (χ3n) is 3.91. The van der Waals surface area contributed by atoms with Crippen LogP contribution in [0.2, 0.25) is 0 Å². The highest BCUT2D eigenvalue weighted by Crippen LogP contribution is 2.20. The van der Waals surface area contributed by atoms with Crippen LogP contribution in [0, 0.1) is 18.8 Å². The number of hydrogen-bond acceptors (Lipinski definition) is 5. The summed E-state index contributed by atoms with van der Waals surface area (Å²) in [4.78, 5) is 24.9. The first-order valence-corrected chi connectivity index (χ1v) is 8.24. The van der Waals surface area contributed by atoms with Gasteiger partial charge in [-0.3, -0.25) is 0 Å². The topological polar surface area (TPSA) is 81.9 Å². The van der Waals surface area contributed by atoms with E-state index in [1.807, 2.05) is 31.2 Å². The van der Waals surface area contributed by atoms with E-state index in [2.05, 4.69) is 16.6 Å². The lowest BCUT2D eigenvalue weighted by atomic mass is 10.0. The van der Waals surface area contributed by atoms with Gasteiger partial charge in [0.05, 0.1) is 25.3 Å². The third-order valence-corrected chi connectivity index (χ3v) is 3.91. The smallest absolute Gasteiger partial charge is 0.409 e. The Morgan fingerprint density at radius 3 is 2.33 bits per heavy atom. The minimum atomic E-state index is -0.476. The van der Waals surface area contributed by atoms with Gasteiger partial charge in [0, 0.05) is 24.8 Å². The lowest BCUT2D eigenvalue weighted by molar-refractivity contribution is 0.0600. The van der Waals surface area contributed by atoms with E-state index in [0.29, 0.717) is 23.4 Å². The van der Waals surface area contributed by atoms with Gasteiger partial charge in [-0.2, -0.15) is 0 Å². The molecule has 0 aliphatic heterocycles. The maximum absolute atomic E-state index is 12.0. The first-order valence-electron chi connectivity index (χ1n) is 8.24. The highest BCUT2D eigenvalue weighted by molar-refractivity contribution is 5.94. The summed E-state index contributed by atoms with van der Waals surface area (Å²) in [6.45, 7) is 2.28. The molecule has 0 saturated heterocycles. The van der Waals surface area contributed by atoms with Crippen molar-refractivity contribution in [3.8, 4) is 11.8 Å². The van der Waals surface area contributed by atoms with Crippen molar-refractivity contribution in [3.63, 3.8) is 0 Å². The van der Waals surface area contributed by atoms with Gasteiger partial charge in [0.15, 0.2) is 0 Å². The molecule has 2 N–H and O–H groups in total. The van der Waals surface area contributed by atoms with E-state index in [1.54, 1.807) is 19.2 Å². The van der Waals surface area contributed by atoms with E-state index >= 15 is 0 Å². The molecule has 0 aliphatic carbocycles. The van der Waals surface area contributed by atoms with Crippen LogP contribution in [0.1, 0.15) is 32.6 Å². The summed E-state index contributed by atoms with van der Waals surface area (Å²) in [5, 5.41) is 0. The maximum atomic E-state index is 12.0. The van der Waals surface area contributed by atoms with Gasteiger partial charge in [0.25, 0.3) is 0 Å². The normalized spacial score (nSPS) is 9.78. The molecule has 0 fully saturated rings. The molecule has 6 heteroatoms. The molecular weight excluding hydrogens is 344 g/mol. The average Bonchev–Trinajstić information content (AvgIpc) is 2.66. The van der Waals surface area contributed by atoms with Crippen molar-refractivity contribution in [1.29, 1.82) is 0 Å². The number of amides is 1. The van der Waals surface area contributed by atoms with Crippen LogP contribution in [0.25, 0.3) is 0 Å². The number of nitrogen functional groups attached to an aromatic ring is 1. The minimum Gasteiger partial charge on any atom is -0.465 e. The van der Waals surface area contributed by atoms with Gasteiger partial charge in [-0.1, -0.05) is 24.0 Å². The second kappa shape index (κ2) is 8.77. The van der Waals surface area contributed by atoms with E-state index < -0.39 is 12.1 Å². The first-order chi connectivity index (χ1) is 12.8. The van der Waals surface area contributed by atoms with Crippen LogP contribution in [0.5, 0.6) is 0 Å². The molecule has 2 rings (SSSR count). The summed E-state index contributed by atoms with van der Waals surface area (Å²) < 4.78 is 9.49. The maximum Gasteiger partial charge on any atom is 0.409 e. The number of hydrogen-bond donors (Lipinski definition) is 1. The number of benzene rings is 2.